The molecule has 4 nitrogen and oxygen atoms in total. The van der Waals surface area contributed by atoms with Gasteiger partial charge in [-0.2, -0.15) is 0 Å². The maximum Gasteiger partial charge on any atom is 0 e. The molecule has 0 bridgehead atoms. The molecule has 1 radical (unpaired) electrons. The summed E-state index contributed by atoms with van der Waals surface area (Å²) in [6.07, 6.45) is 3.39. The first-order valence-electron chi connectivity index (χ1n) is 17.3. The van der Waals surface area contributed by atoms with Crippen molar-refractivity contribution >= 4 is 61.5 Å². The monoisotopic (exact) mass is 859 g/mol. The van der Waals surface area contributed by atoms with Crippen molar-refractivity contribution in [3.63, 3.8) is 0 Å². The first-order chi connectivity index (χ1) is 23.7. The van der Waals surface area contributed by atoms with Crippen LogP contribution in [-0.2, 0) is 20.1 Å². The van der Waals surface area contributed by atoms with Gasteiger partial charge in [-0.3, -0.25) is 0 Å². The number of aromatic nitrogens is 2. The summed E-state index contributed by atoms with van der Waals surface area (Å²) >= 11 is -1.72. The zero-order valence-corrected chi connectivity index (χ0v) is 31.4. The quantitative estimate of drug-likeness (QED) is 0.131. The second kappa shape index (κ2) is 13.2. The number of furan rings is 2. The Labute approximate surface area is 297 Å². The van der Waals surface area contributed by atoms with Crippen LogP contribution in [0.1, 0.15) is 36.4 Å². The fourth-order valence-electron chi connectivity index (χ4n) is 5.71. The number of para-hydroxylation sites is 1. The van der Waals surface area contributed by atoms with E-state index in [9.17, 15) is 0 Å². The van der Waals surface area contributed by atoms with Gasteiger partial charge in [0.25, 0.3) is 0 Å². The van der Waals surface area contributed by atoms with E-state index in [4.69, 9.17) is 14.3 Å². The molecule has 0 aliphatic carbocycles. The fourth-order valence-corrected chi connectivity index (χ4v) is 7.88. The van der Waals surface area contributed by atoms with Crippen LogP contribution in [-0.4, -0.2) is 23.2 Å². The molecule has 0 aliphatic rings. The van der Waals surface area contributed by atoms with Crippen LogP contribution in [0.25, 0.3) is 66.4 Å². The zero-order chi connectivity index (χ0) is 35.4. The van der Waals surface area contributed by atoms with Crippen LogP contribution < -0.4 is 4.40 Å². The SMILES string of the molecule is [2H]C([2H])([2H])c1cnc(-c2[c-]ccc3c2oc2cc4oc5ccccc5c4cc23)cc1C([2H])(C)C.[CH3][Ge]([CH3])([CH3])[c]1ccc(-c2[c-]cccc2)nc1.[Ir]. The van der Waals surface area contributed by atoms with Crippen molar-refractivity contribution in [2.45, 2.75) is 43.9 Å². The van der Waals surface area contributed by atoms with Gasteiger partial charge in [0, 0.05) is 54.0 Å². The number of fused-ring (bicyclic) bond motifs is 6. The summed E-state index contributed by atoms with van der Waals surface area (Å²) in [7, 11) is 0. The van der Waals surface area contributed by atoms with Crippen LogP contribution in [0.3, 0.4) is 0 Å². The van der Waals surface area contributed by atoms with Gasteiger partial charge in [0.2, 0.25) is 0 Å². The third kappa shape index (κ3) is 6.45. The van der Waals surface area contributed by atoms with Gasteiger partial charge in [0.05, 0.1) is 5.58 Å². The molecule has 47 heavy (non-hydrogen) atoms. The number of rotatable bonds is 4. The summed E-state index contributed by atoms with van der Waals surface area (Å²) in [4.78, 5) is 8.97. The first kappa shape index (κ1) is 28.0. The van der Waals surface area contributed by atoms with Crippen molar-refractivity contribution in [2.24, 2.45) is 0 Å². The minimum atomic E-state index is -2.36. The van der Waals surface area contributed by atoms with Crippen molar-refractivity contribution in [2.75, 3.05) is 0 Å². The summed E-state index contributed by atoms with van der Waals surface area (Å²) in [5, 5.41) is 3.91. The maximum absolute atomic E-state index is 8.51. The van der Waals surface area contributed by atoms with E-state index in [1.807, 2.05) is 72.9 Å². The Bertz CT molecular complexity index is 2500. The van der Waals surface area contributed by atoms with E-state index in [2.05, 4.69) is 57.6 Å². The van der Waals surface area contributed by atoms with E-state index >= 15 is 0 Å². The molecule has 0 unspecified atom stereocenters. The number of pyridine rings is 2. The van der Waals surface area contributed by atoms with Crippen LogP contribution in [0.2, 0.25) is 17.3 Å². The molecule has 0 fully saturated rings. The van der Waals surface area contributed by atoms with E-state index in [0.717, 1.165) is 44.0 Å². The molecule has 6 heteroatoms. The summed E-state index contributed by atoms with van der Waals surface area (Å²) in [6.45, 7) is 0.990. The van der Waals surface area contributed by atoms with E-state index in [-0.39, 0.29) is 25.7 Å². The van der Waals surface area contributed by atoms with E-state index in [1.165, 1.54) is 10.6 Å². The number of hydrogen-bond acceptors (Lipinski definition) is 4. The summed E-state index contributed by atoms with van der Waals surface area (Å²) < 4.78 is 45.8. The average molecular weight is 858 g/mol. The van der Waals surface area contributed by atoms with Crippen LogP contribution >= 0.6 is 0 Å². The second-order valence-corrected chi connectivity index (χ2v) is 23.4. The fraction of sp³-hybridized carbons (Fsp3) is 0.171. The molecule has 0 amide bonds. The van der Waals surface area contributed by atoms with Gasteiger partial charge >= 0.3 is 99.8 Å². The molecule has 4 heterocycles. The molecular weight excluding hydrogens is 817 g/mol. The Balaban J connectivity index is 0.000000222. The van der Waals surface area contributed by atoms with Crippen LogP contribution in [0.15, 0.2) is 112 Å². The summed E-state index contributed by atoms with van der Waals surface area (Å²) in [5.41, 5.74) is 6.57. The van der Waals surface area contributed by atoms with Gasteiger partial charge in [-0.1, -0.05) is 49.1 Å². The van der Waals surface area contributed by atoms with Gasteiger partial charge < -0.3 is 13.8 Å². The third-order valence-corrected chi connectivity index (χ3v) is 12.5. The largest absolute Gasteiger partial charge is 0 e. The first-order valence-corrected chi connectivity index (χ1v) is 22.7. The molecule has 8 aromatic rings. The molecular formula is C41H36GeIrN2O2-2. The summed E-state index contributed by atoms with van der Waals surface area (Å²) in [6, 6.07) is 36.0. The number of hydrogen-bond donors (Lipinski definition) is 0. The standard InChI is InChI=1S/C27H20NO2.C14H16GeN.Ir/c1-15(2)20-12-23(28-14-16(20)3)19-9-6-8-18-22-11-21-17-7-4-5-10-24(17)29-25(21)13-26(22)30-27(18)19;1-15(2,3)13-9-10-14(16-11-13)12-7-5-4-6-8-12;/h4-8,10-15H,1-3H3;4-7,9-11H,1-3H3;/q2*-1;/i3D3,15D;;. The Morgan fingerprint density at radius 1 is 0.723 bits per heavy atom. The van der Waals surface area contributed by atoms with Crippen LogP contribution in [0, 0.1) is 19.0 Å². The van der Waals surface area contributed by atoms with Gasteiger partial charge in [0.1, 0.15) is 16.7 Å². The van der Waals surface area contributed by atoms with E-state index in [0.29, 0.717) is 28.0 Å². The van der Waals surface area contributed by atoms with Crippen LogP contribution in [0.4, 0.5) is 0 Å². The Hall–Kier alpha value is -4.03. The normalized spacial score (nSPS) is 13.4. The molecule has 0 N–H and O–H groups in total. The van der Waals surface area contributed by atoms with Crippen molar-refractivity contribution < 1.29 is 34.4 Å². The Morgan fingerprint density at radius 2 is 1.49 bits per heavy atom. The zero-order valence-electron chi connectivity index (χ0n) is 30.9. The average Bonchev–Trinajstić information content (AvgIpc) is 3.64. The topological polar surface area (TPSA) is 52.1 Å². The van der Waals surface area contributed by atoms with E-state index in [1.54, 1.807) is 19.9 Å². The number of aryl methyl sites for hydroxylation is 1. The van der Waals surface area contributed by atoms with Gasteiger partial charge in [-0.05, 0) is 41.7 Å². The molecule has 0 spiro atoms. The predicted molar refractivity (Wildman–Crippen MR) is 193 cm³/mol. The van der Waals surface area contributed by atoms with Crippen molar-refractivity contribution in [3.05, 3.63) is 127 Å². The molecule has 4 aromatic carbocycles. The van der Waals surface area contributed by atoms with Gasteiger partial charge in [0.15, 0.2) is 0 Å². The third-order valence-electron chi connectivity index (χ3n) is 8.24. The minimum absolute atomic E-state index is 0. The van der Waals surface area contributed by atoms with Crippen LogP contribution in [0.5, 0.6) is 0 Å². The molecule has 0 saturated carbocycles. The Kier molecular flexibility index (Phi) is 7.89. The predicted octanol–water partition coefficient (Wildman–Crippen LogP) is 10.9. The van der Waals surface area contributed by atoms with Gasteiger partial charge in [-0.15, -0.1) is 18.2 Å². The minimum Gasteiger partial charge on any atom is 0 e. The van der Waals surface area contributed by atoms with E-state index < -0.39 is 26.0 Å². The molecule has 237 valence electrons. The maximum atomic E-state index is 8.51. The number of benzene rings is 4. The van der Waals surface area contributed by atoms with Crippen molar-refractivity contribution in [3.8, 4) is 22.5 Å². The Morgan fingerprint density at radius 3 is 2.21 bits per heavy atom. The summed E-state index contributed by atoms with van der Waals surface area (Å²) in [5.74, 6) is 6.02. The van der Waals surface area contributed by atoms with Gasteiger partial charge in [-0.25, -0.2) is 0 Å². The second-order valence-electron chi connectivity index (χ2n) is 12.7. The molecule has 4 aromatic heterocycles. The smallest absolute Gasteiger partial charge is 0 e. The molecule has 8 rings (SSSR count). The molecule has 0 aliphatic heterocycles. The molecule has 0 saturated heterocycles. The number of nitrogens with zero attached hydrogens (tertiary/aromatic N) is 2. The van der Waals surface area contributed by atoms with Crippen molar-refractivity contribution in [1.82, 2.24) is 9.97 Å². The molecule has 0 atom stereocenters. The van der Waals surface area contributed by atoms with Crippen molar-refractivity contribution in [1.29, 1.82) is 0 Å².